The van der Waals surface area contributed by atoms with Crippen LogP contribution in [0.15, 0.2) is 0 Å². The van der Waals surface area contributed by atoms with E-state index in [1.165, 1.54) is 14.2 Å². The number of aliphatic hydroxyl groups excluding tert-OH is 2. The lowest BCUT2D eigenvalue weighted by atomic mass is 9.98. The molecule has 1 rings (SSSR count). The van der Waals surface area contributed by atoms with Gasteiger partial charge < -0.3 is 29.5 Å². The van der Waals surface area contributed by atoms with E-state index >= 15 is 0 Å². The average Bonchev–Trinajstić information content (AvgIpc) is 2.19. The first kappa shape index (κ1) is 12.3. The smallest absolute Gasteiger partial charge is 0.335 e. The van der Waals surface area contributed by atoms with Crippen LogP contribution in [-0.4, -0.2) is 66.2 Å². The van der Waals surface area contributed by atoms with Crippen molar-refractivity contribution in [2.75, 3.05) is 14.2 Å². The number of aliphatic hydroxyl groups is 2. The zero-order valence-electron chi connectivity index (χ0n) is 8.36. The maximum atomic E-state index is 10.7. The molecule has 0 aromatic rings. The molecule has 15 heavy (non-hydrogen) atoms. The zero-order valence-corrected chi connectivity index (χ0v) is 8.36. The Morgan fingerprint density at radius 3 is 2.13 bits per heavy atom. The van der Waals surface area contributed by atoms with Crippen LogP contribution in [0.2, 0.25) is 0 Å². The van der Waals surface area contributed by atoms with Gasteiger partial charge >= 0.3 is 5.97 Å². The Balaban J connectivity index is 2.84. The lowest BCUT2D eigenvalue weighted by molar-refractivity contribution is -0.288. The largest absolute Gasteiger partial charge is 0.479 e. The summed E-state index contributed by atoms with van der Waals surface area (Å²) in [5, 5.41) is 27.7. The average molecular weight is 222 g/mol. The van der Waals surface area contributed by atoms with Crippen molar-refractivity contribution in [3.05, 3.63) is 0 Å². The van der Waals surface area contributed by atoms with Crippen LogP contribution in [-0.2, 0) is 19.0 Å². The monoisotopic (exact) mass is 222 g/mol. The molecule has 3 N–H and O–H groups in total. The Morgan fingerprint density at radius 2 is 1.73 bits per heavy atom. The molecule has 0 bridgehead atoms. The van der Waals surface area contributed by atoms with E-state index in [0.717, 1.165) is 0 Å². The predicted molar refractivity (Wildman–Crippen MR) is 46.1 cm³/mol. The van der Waals surface area contributed by atoms with Gasteiger partial charge in [-0.05, 0) is 0 Å². The van der Waals surface area contributed by atoms with Crippen molar-refractivity contribution >= 4 is 5.97 Å². The first-order valence-electron chi connectivity index (χ1n) is 4.33. The first-order chi connectivity index (χ1) is 7.02. The zero-order chi connectivity index (χ0) is 11.6. The van der Waals surface area contributed by atoms with Crippen molar-refractivity contribution in [3.63, 3.8) is 0 Å². The van der Waals surface area contributed by atoms with Crippen molar-refractivity contribution in [1.82, 2.24) is 0 Å². The van der Waals surface area contributed by atoms with Crippen molar-refractivity contribution in [1.29, 1.82) is 0 Å². The van der Waals surface area contributed by atoms with Crippen LogP contribution in [0.4, 0.5) is 0 Å². The summed E-state index contributed by atoms with van der Waals surface area (Å²) in [5.74, 6) is -1.36. The summed E-state index contributed by atoms with van der Waals surface area (Å²) < 4.78 is 14.4. The van der Waals surface area contributed by atoms with Gasteiger partial charge in [0.15, 0.2) is 12.4 Å². The van der Waals surface area contributed by atoms with E-state index in [9.17, 15) is 15.0 Å². The molecule has 1 aliphatic rings. The highest BCUT2D eigenvalue weighted by Crippen LogP contribution is 2.23. The number of rotatable bonds is 3. The number of hydrogen-bond acceptors (Lipinski definition) is 6. The SMILES string of the molecule is CO[C@@H]1[C@@H](O)[C@H](C(=O)O)O[C@H](O)[C@@H]1OC. The number of ether oxygens (including phenoxy) is 3. The third-order valence-corrected chi connectivity index (χ3v) is 2.33. The molecule has 0 unspecified atom stereocenters. The van der Waals surface area contributed by atoms with E-state index < -0.39 is 36.7 Å². The second kappa shape index (κ2) is 4.86. The van der Waals surface area contributed by atoms with Crippen LogP contribution in [0.5, 0.6) is 0 Å². The summed E-state index contributed by atoms with van der Waals surface area (Å²) >= 11 is 0. The Hall–Kier alpha value is -0.730. The highest BCUT2D eigenvalue weighted by molar-refractivity contribution is 5.73. The van der Waals surface area contributed by atoms with E-state index in [0.29, 0.717) is 0 Å². The molecule has 88 valence electrons. The fraction of sp³-hybridized carbons (Fsp3) is 0.875. The summed E-state index contributed by atoms with van der Waals surface area (Å²) in [6.07, 6.45) is -6.21. The normalized spacial score (nSPS) is 41.5. The highest BCUT2D eigenvalue weighted by Gasteiger charge is 2.48. The van der Waals surface area contributed by atoms with Crippen LogP contribution >= 0.6 is 0 Å². The standard InChI is InChI=1S/C8H14O7/c1-13-4-3(9)5(7(10)11)15-8(12)6(4)14-2/h3-6,8-9,12H,1-2H3,(H,10,11)/t3-,4-,5-,6-,8+/m1/s1. The number of carboxylic acid groups (broad SMARTS) is 1. The summed E-state index contributed by atoms with van der Waals surface area (Å²) in [5.41, 5.74) is 0. The molecule has 0 saturated carbocycles. The van der Waals surface area contributed by atoms with Crippen molar-refractivity contribution < 1.29 is 34.3 Å². The molecule has 1 aliphatic heterocycles. The molecule has 7 heteroatoms. The lowest BCUT2D eigenvalue weighted by Crippen LogP contribution is -2.60. The Kier molecular flexibility index (Phi) is 4.00. The van der Waals surface area contributed by atoms with Crippen LogP contribution in [0.3, 0.4) is 0 Å². The lowest BCUT2D eigenvalue weighted by Gasteiger charge is -2.39. The van der Waals surface area contributed by atoms with Crippen molar-refractivity contribution in [3.8, 4) is 0 Å². The molecule has 1 fully saturated rings. The molecule has 1 saturated heterocycles. The minimum atomic E-state index is -1.52. The second-order valence-corrected chi connectivity index (χ2v) is 3.18. The molecule has 1 heterocycles. The summed E-state index contributed by atoms with van der Waals surface area (Å²) in [6, 6.07) is 0. The van der Waals surface area contributed by atoms with Gasteiger partial charge in [0.05, 0.1) is 0 Å². The minimum absolute atomic E-state index is 0.916. The topological polar surface area (TPSA) is 105 Å². The summed E-state index contributed by atoms with van der Waals surface area (Å²) in [6.45, 7) is 0. The van der Waals surface area contributed by atoms with Gasteiger partial charge in [0, 0.05) is 14.2 Å². The molecule has 5 atom stereocenters. The Labute approximate surface area is 86.2 Å². The van der Waals surface area contributed by atoms with Crippen LogP contribution < -0.4 is 0 Å². The maximum Gasteiger partial charge on any atom is 0.335 e. The summed E-state index contributed by atoms with van der Waals surface area (Å²) in [7, 11) is 2.59. The maximum absolute atomic E-state index is 10.7. The molecular weight excluding hydrogens is 208 g/mol. The van der Waals surface area contributed by atoms with Gasteiger partial charge in [0.25, 0.3) is 0 Å². The van der Waals surface area contributed by atoms with Gasteiger partial charge in [-0.1, -0.05) is 0 Å². The van der Waals surface area contributed by atoms with E-state index in [-0.39, 0.29) is 0 Å². The van der Waals surface area contributed by atoms with Crippen LogP contribution in [0.25, 0.3) is 0 Å². The molecule has 0 aliphatic carbocycles. The molecule has 0 spiro atoms. The van der Waals surface area contributed by atoms with E-state index in [1.54, 1.807) is 0 Å². The van der Waals surface area contributed by atoms with Gasteiger partial charge in [-0.2, -0.15) is 0 Å². The van der Waals surface area contributed by atoms with Gasteiger partial charge in [-0.15, -0.1) is 0 Å². The van der Waals surface area contributed by atoms with Gasteiger partial charge in [0.1, 0.15) is 18.3 Å². The van der Waals surface area contributed by atoms with E-state index in [2.05, 4.69) is 0 Å². The fourth-order valence-corrected chi connectivity index (χ4v) is 1.57. The quantitative estimate of drug-likeness (QED) is 0.516. The third-order valence-electron chi connectivity index (χ3n) is 2.33. The van der Waals surface area contributed by atoms with Gasteiger partial charge in [0.2, 0.25) is 0 Å². The van der Waals surface area contributed by atoms with Crippen molar-refractivity contribution in [2.24, 2.45) is 0 Å². The predicted octanol–water partition coefficient (Wildman–Crippen LogP) is -1.82. The Bertz CT molecular complexity index is 231. The number of carboxylic acids is 1. The molecule has 0 amide bonds. The van der Waals surface area contributed by atoms with Crippen LogP contribution in [0.1, 0.15) is 0 Å². The molecule has 0 aromatic heterocycles. The highest BCUT2D eigenvalue weighted by atomic mass is 16.7. The number of aliphatic carboxylic acids is 1. The van der Waals surface area contributed by atoms with E-state index in [4.69, 9.17) is 19.3 Å². The second-order valence-electron chi connectivity index (χ2n) is 3.18. The minimum Gasteiger partial charge on any atom is -0.479 e. The summed E-state index contributed by atoms with van der Waals surface area (Å²) in [4.78, 5) is 10.7. The third kappa shape index (κ3) is 2.27. The molecule has 7 nitrogen and oxygen atoms in total. The van der Waals surface area contributed by atoms with Gasteiger partial charge in [-0.25, -0.2) is 4.79 Å². The van der Waals surface area contributed by atoms with E-state index in [1.807, 2.05) is 0 Å². The van der Waals surface area contributed by atoms with Crippen LogP contribution in [0, 0.1) is 0 Å². The van der Waals surface area contributed by atoms with Crippen molar-refractivity contribution in [2.45, 2.75) is 30.7 Å². The molecule has 0 aromatic carbocycles. The number of hydrogen-bond donors (Lipinski definition) is 3. The molecular formula is C8H14O7. The number of carbonyl (C=O) groups is 1. The first-order valence-corrected chi connectivity index (χ1v) is 4.33. The molecule has 0 radical (unpaired) electrons. The Morgan fingerprint density at radius 1 is 1.20 bits per heavy atom. The fourth-order valence-electron chi connectivity index (χ4n) is 1.57. The van der Waals surface area contributed by atoms with Gasteiger partial charge in [-0.3, -0.25) is 0 Å². The number of methoxy groups -OCH3 is 2.